The van der Waals surface area contributed by atoms with Crippen LogP contribution in [-0.2, 0) is 4.74 Å². The van der Waals surface area contributed by atoms with E-state index in [0.717, 1.165) is 0 Å². The van der Waals surface area contributed by atoms with Gasteiger partial charge in [0.1, 0.15) is 5.56 Å². The van der Waals surface area contributed by atoms with E-state index in [1.165, 1.54) is 12.1 Å². The minimum absolute atomic E-state index is 0.129. The Kier molecular flexibility index (Phi) is 5.95. The molecule has 0 spiro atoms. The molecule has 0 amide bonds. The predicted molar refractivity (Wildman–Crippen MR) is 76.0 cm³/mol. The molecule has 0 N–H and O–H groups in total. The van der Waals surface area contributed by atoms with Crippen LogP contribution in [0.2, 0.25) is 0 Å². The maximum atomic E-state index is 11.8. The SMILES string of the molecule is CCOC(=O)c1cc(OCC)c(OC(C)C)cc1[N+](=O)[O-]. The molecule has 116 valence electrons. The van der Waals surface area contributed by atoms with Crippen LogP contribution in [0.25, 0.3) is 0 Å². The zero-order valence-electron chi connectivity index (χ0n) is 12.5. The lowest BCUT2D eigenvalue weighted by atomic mass is 10.1. The Hall–Kier alpha value is -2.31. The predicted octanol–water partition coefficient (Wildman–Crippen LogP) is 2.96. The van der Waals surface area contributed by atoms with Gasteiger partial charge in [-0.15, -0.1) is 0 Å². The van der Waals surface area contributed by atoms with Crippen molar-refractivity contribution in [2.24, 2.45) is 0 Å². The van der Waals surface area contributed by atoms with Gasteiger partial charge in [-0.05, 0) is 27.7 Å². The Morgan fingerprint density at radius 3 is 2.38 bits per heavy atom. The summed E-state index contributed by atoms with van der Waals surface area (Å²) in [7, 11) is 0. The van der Waals surface area contributed by atoms with Crippen LogP contribution in [-0.4, -0.2) is 30.2 Å². The van der Waals surface area contributed by atoms with Crippen LogP contribution >= 0.6 is 0 Å². The van der Waals surface area contributed by atoms with E-state index in [-0.39, 0.29) is 35.5 Å². The summed E-state index contributed by atoms with van der Waals surface area (Å²) >= 11 is 0. The number of rotatable bonds is 7. The van der Waals surface area contributed by atoms with Crippen LogP contribution in [0, 0.1) is 10.1 Å². The molecular formula is C14H19NO6. The number of carbonyl (C=O) groups excluding carboxylic acids is 1. The van der Waals surface area contributed by atoms with Gasteiger partial charge in [-0.3, -0.25) is 10.1 Å². The summed E-state index contributed by atoms with van der Waals surface area (Å²) < 4.78 is 15.7. The van der Waals surface area contributed by atoms with Crippen LogP contribution in [0.15, 0.2) is 12.1 Å². The number of nitro groups is 1. The van der Waals surface area contributed by atoms with Crippen molar-refractivity contribution in [1.29, 1.82) is 0 Å². The monoisotopic (exact) mass is 297 g/mol. The summed E-state index contributed by atoms with van der Waals surface area (Å²) in [5.41, 5.74) is -0.519. The van der Waals surface area contributed by atoms with Crippen LogP contribution in [0.4, 0.5) is 5.69 Å². The lowest BCUT2D eigenvalue weighted by molar-refractivity contribution is -0.385. The molecule has 0 heterocycles. The molecule has 0 fully saturated rings. The minimum atomic E-state index is -0.763. The second kappa shape index (κ2) is 7.47. The fourth-order valence-electron chi connectivity index (χ4n) is 1.69. The zero-order chi connectivity index (χ0) is 16.0. The van der Waals surface area contributed by atoms with Crippen LogP contribution in [0.1, 0.15) is 38.1 Å². The first-order valence-electron chi connectivity index (χ1n) is 6.69. The van der Waals surface area contributed by atoms with E-state index < -0.39 is 10.9 Å². The topological polar surface area (TPSA) is 87.9 Å². The first-order chi connectivity index (χ1) is 9.90. The Morgan fingerprint density at radius 1 is 1.24 bits per heavy atom. The number of ether oxygens (including phenoxy) is 3. The van der Waals surface area contributed by atoms with E-state index in [0.29, 0.717) is 6.61 Å². The van der Waals surface area contributed by atoms with E-state index in [9.17, 15) is 14.9 Å². The molecule has 0 unspecified atom stereocenters. The normalized spacial score (nSPS) is 10.3. The second-order valence-electron chi connectivity index (χ2n) is 4.39. The lowest BCUT2D eigenvalue weighted by Gasteiger charge is -2.15. The van der Waals surface area contributed by atoms with E-state index in [4.69, 9.17) is 14.2 Å². The first-order valence-corrected chi connectivity index (χ1v) is 6.69. The molecule has 7 heteroatoms. The lowest BCUT2D eigenvalue weighted by Crippen LogP contribution is -2.12. The maximum absolute atomic E-state index is 11.8. The molecule has 1 aromatic carbocycles. The molecule has 7 nitrogen and oxygen atoms in total. The van der Waals surface area contributed by atoms with Gasteiger partial charge in [-0.1, -0.05) is 0 Å². The van der Waals surface area contributed by atoms with Gasteiger partial charge in [0.25, 0.3) is 5.69 Å². The fourth-order valence-corrected chi connectivity index (χ4v) is 1.69. The highest BCUT2D eigenvalue weighted by Gasteiger charge is 2.26. The molecule has 1 aromatic rings. The number of benzene rings is 1. The van der Waals surface area contributed by atoms with Crippen molar-refractivity contribution in [1.82, 2.24) is 0 Å². The summed E-state index contributed by atoms with van der Waals surface area (Å²) in [6.07, 6.45) is -0.183. The van der Waals surface area contributed by atoms with Crippen molar-refractivity contribution < 1.29 is 23.9 Å². The Bertz CT molecular complexity index is 526. The smallest absolute Gasteiger partial charge is 0.345 e. The highest BCUT2D eigenvalue weighted by Crippen LogP contribution is 2.36. The fraction of sp³-hybridized carbons (Fsp3) is 0.500. The van der Waals surface area contributed by atoms with E-state index >= 15 is 0 Å². The molecule has 0 aliphatic carbocycles. The molecule has 0 aliphatic heterocycles. The van der Waals surface area contributed by atoms with Gasteiger partial charge in [0.05, 0.1) is 30.3 Å². The number of hydrogen-bond acceptors (Lipinski definition) is 6. The third-order valence-corrected chi connectivity index (χ3v) is 2.42. The Morgan fingerprint density at radius 2 is 1.90 bits per heavy atom. The quantitative estimate of drug-likeness (QED) is 0.437. The van der Waals surface area contributed by atoms with E-state index in [2.05, 4.69) is 0 Å². The molecule has 0 saturated carbocycles. The van der Waals surface area contributed by atoms with Crippen LogP contribution < -0.4 is 9.47 Å². The summed E-state index contributed by atoms with van der Waals surface area (Å²) in [6, 6.07) is 2.48. The van der Waals surface area contributed by atoms with Crippen molar-refractivity contribution in [3.05, 3.63) is 27.8 Å². The molecule has 1 rings (SSSR count). The van der Waals surface area contributed by atoms with Gasteiger partial charge in [0.2, 0.25) is 0 Å². The molecule has 0 saturated heterocycles. The van der Waals surface area contributed by atoms with Gasteiger partial charge in [0.15, 0.2) is 11.5 Å². The van der Waals surface area contributed by atoms with Gasteiger partial charge in [0, 0.05) is 6.07 Å². The number of nitrogens with zero attached hydrogens (tertiary/aromatic N) is 1. The molecule has 21 heavy (non-hydrogen) atoms. The van der Waals surface area contributed by atoms with Gasteiger partial charge in [-0.25, -0.2) is 4.79 Å². The van der Waals surface area contributed by atoms with Gasteiger partial charge < -0.3 is 14.2 Å². The highest BCUT2D eigenvalue weighted by atomic mass is 16.6. The van der Waals surface area contributed by atoms with Gasteiger partial charge >= 0.3 is 5.97 Å². The third-order valence-electron chi connectivity index (χ3n) is 2.42. The molecule has 0 radical (unpaired) electrons. The minimum Gasteiger partial charge on any atom is -0.490 e. The van der Waals surface area contributed by atoms with Crippen LogP contribution in [0.5, 0.6) is 11.5 Å². The number of carbonyl (C=O) groups is 1. The van der Waals surface area contributed by atoms with Crippen molar-refractivity contribution in [3.63, 3.8) is 0 Å². The molecular weight excluding hydrogens is 278 g/mol. The molecule has 0 bridgehead atoms. The maximum Gasteiger partial charge on any atom is 0.345 e. The molecule has 0 aliphatic rings. The molecule has 0 atom stereocenters. The van der Waals surface area contributed by atoms with Crippen molar-refractivity contribution in [2.45, 2.75) is 33.8 Å². The zero-order valence-corrected chi connectivity index (χ0v) is 12.5. The van der Waals surface area contributed by atoms with E-state index in [1.54, 1.807) is 27.7 Å². The average molecular weight is 297 g/mol. The van der Waals surface area contributed by atoms with Crippen molar-refractivity contribution >= 4 is 11.7 Å². The van der Waals surface area contributed by atoms with Gasteiger partial charge in [-0.2, -0.15) is 0 Å². The first kappa shape index (κ1) is 16.7. The summed E-state index contributed by atoms with van der Waals surface area (Å²) in [5, 5.41) is 11.1. The Balaban J connectivity index is 3.38. The summed E-state index contributed by atoms with van der Waals surface area (Å²) in [4.78, 5) is 22.3. The summed E-state index contributed by atoms with van der Waals surface area (Å²) in [5.74, 6) is -0.257. The molecule has 0 aromatic heterocycles. The standard InChI is InChI=1S/C14H19NO6/c1-5-19-12-7-10(14(16)20-6-2)11(15(17)18)8-13(12)21-9(3)4/h7-9H,5-6H2,1-4H3. The van der Waals surface area contributed by atoms with Crippen LogP contribution in [0.3, 0.4) is 0 Å². The largest absolute Gasteiger partial charge is 0.490 e. The summed E-state index contributed by atoms with van der Waals surface area (Å²) in [6.45, 7) is 7.45. The Labute approximate surface area is 123 Å². The number of hydrogen-bond donors (Lipinski definition) is 0. The number of esters is 1. The highest BCUT2D eigenvalue weighted by molar-refractivity contribution is 5.95. The average Bonchev–Trinajstić information content (AvgIpc) is 2.39. The number of nitro benzene ring substituents is 1. The third kappa shape index (κ3) is 4.34. The van der Waals surface area contributed by atoms with Crippen molar-refractivity contribution in [2.75, 3.05) is 13.2 Å². The second-order valence-corrected chi connectivity index (χ2v) is 4.39. The van der Waals surface area contributed by atoms with E-state index in [1.807, 2.05) is 0 Å². The van der Waals surface area contributed by atoms with Crippen molar-refractivity contribution in [3.8, 4) is 11.5 Å².